The van der Waals surface area contributed by atoms with Crippen LogP contribution in [0.4, 0.5) is 0 Å². The number of hydrogen-bond acceptors (Lipinski definition) is 3. The van der Waals surface area contributed by atoms with Gasteiger partial charge in [-0.1, -0.05) is 25.4 Å². The van der Waals surface area contributed by atoms with Crippen LogP contribution < -0.4 is 5.32 Å². The molecule has 0 radical (unpaired) electrons. The van der Waals surface area contributed by atoms with Crippen molar-refractivity contribution in [3.8, 4) is 0 Å². The van der Waals surface area contributed by atoms with E-state index in [1.807, 2.05) is 14.0 Å². The maximum atomic E-state index is 6.32. The summed E-state index contributed by atoms with van der Waals surface area (Å²) in [4.78, 5) is 0. The van der Waals surface area contributed by atoms with Crippen LogP contribution in [0.3, 0.4) is 0 Å². The number of hydrogen-bond donors (Lipinski definition) is 1. The van der Waals surface area contributed by atoms with Crippen LogP contribution in [0.2, 0.25) is 5.15 Å². The summed E-state index contributed by atoms with van der Waals surface area (Å²) in [6.45, 7) is 7.31. The van der Waals surface area contributed by atoms with Crippen molar-refractivity contribution in [2.45, 2.75) is 52.2 Å². The van der Waals surface area contributed by atoms with Gasteiger partial charge in [0.2, 0.25) is 0 Å². The molecule has 0 saturated carbocycles. The lowest BCUT2D eigenvalue weighted by Gasteiger charge is -2.26. The summed E-state index contributed by atoms with van der Waals surface area (Å²) < 4.78 is 7.32. The van der Waals surface area contributed by atoms with Gasteiger partial charge in [0.15, 0.2) is 0 Å². The monoisotopic (exact) mass is 287 g/mol. The molecule has 2 unspecified atom stereocenters. The first kappa shape index (κ1) is 16.5. The zero-order chi connectivity index (χ0) is 14.4. The van der Waals surface area contributed by atoms with Gasteiger partial charge in [0.25, 0.3) is 0 Å². The predicted octanol–water partition coefficient (Wildman–Crippen LogP) is 2.72. The van der Waals surface area contributed by atoms with Gasteiger partial charge >= 0.3 is 0 Å². The van der Waals surface area contributed by atoms with Gasteiger partial charge in [0, 0.05) is 25.8 Å². The predicted molar refractivity (Wildman–Crippen MR) is 79.8 cm³/mol. The highest BCUT2D eigenvalue weighted by atomic mass is 35.5. The highest BCUT2D eigenvalue weighted by Crippen LogP contribution is 2.22. The number of aromatic nitrogens is 2. The van der Waals surface area contributed by atoms with E-state index < -0.39 is 0 Å². The fraction of sp³-hybridized carbons (Fsp3) is 0.786. The average Bonchev–Trinajstić information content (AvgIpc) is 2.63. The minimum atomic E-state index is 0.197. The summed E-state index contributed by atoms with van der Waals surface area (Å²) in [5, 5.41) is 8.66. The van der Waals surface area contributed by atoms with E-state index in [0.29, 0.717) is 0 Å². The van der Waals surface area contributed by atoms with Crippen LogP contribution in [0, 0.1) is 6.92 Å². The van der Waals surface area contributed by atoms with Gasteiger partial charge < -0.3 is 10.1 Å². The molecule has 0 fully saturated rings. The lowest BCUT2D eigenvalue weighted by atomic mass is 10.00. The molecule has 0 aromatic carbocycles. The van der Waals surface area contributed by atoms with Crippen molar-refractivity contribution >= 4 is 11.6 Å². The molecule has 1 rings (SSSR count). The Morgan fingerprint density at radius 2 is 2.11 bits per heavy atom. The molecule has 0 aliphatic rings. The first-order valence-corrected chi connectivity index (χ1v) is 7.37. The van der Waals surface area contributed by atoms with E-state index in [9.17, 15) is 0 Å². The molecule has 19 heavy (non-hydrogen) atoms. The van der Waals surface area contributed by atoms with E-state index in [-0.39, 0.29) is 12.1 Å². The standard InChI is InChI=1S/C14H26ClN3O/c1-6-8-16-12(13(7-2)19-5)9-11-10(3)17-18(4)14(11)15/h12-13,16H,6-9H2,1-5H3. The smallest absolute Gasteiger partial charge is 0.130 e. The fourth-order valence-electron chi connectivity index (χ4n) is 2.41. The molecule has 5 heteroatoms. The third-order valence-corrected chi connectivity index (χ3v) is 3.98. The maximum Gasteiger partial charge on any atom is 0.130 e. The second kappa shape index (κ2) is 7.88. The van der Waals surface area contributed by atoms with E-state index in [2.05, 4.69) is 24.3 Å². The summed E-state index contributed by atoms with van der Waals surface area (Å²) in [7, 11) is 3.65. The molecular weight excluding hydrogens is 262 g/mol. The Morgan fingerprint density at radius 3 is 2.53 bits per heavy atom. The highest BCUT2D eigenvalue weighted by Gasteiger charge is 2.23. The Labute approximate surface area is 121 Å². The number of rotatable bonds is 8. The van der Waals surface area contributed by atoms with Crippen molar-refractivity contribution < 1.29 is 4.74 Å². The molecule has 0 saturated heterocycles. The number of nitrogens with zero attached hydrogens (tertiary/aromatic N) is 2. The normalized spacial score (nSPS) is 14.6. The third kappa shape index (κ3) is 4.20. The lowest BCUT2D eigenvalue weighted by molar-refractivity contribution is 0.0653. The van der Waals surface area contributed by atoms with Gasteiger partial charge in [-0.25, -0.2) is 0 Å². The third-order valence-electron chi connectivity index (χ3n) is 3.50. The van der Waals surface area contributed by atoms with Gasteiger partial charge in [0.05, 0.1) is 11.8 Å². The minimum absolute atomic E-state index is 0.197. The SMILES string of the molecule is CCCNC(Cc1c(C)nn(C)c1Cl)C(CC)OC. The molecule has 1 aromatic heterocycles. The highest BCUT2D eigenvalue weighted by molar-refractivity contribution is 6.30. The minimum Gasteiger partial charge on any atom is -0.380 e. The summed E-state index contributed by atoms with van der Waals surface area (Å²) in [6, 6.07) is 0.273. The van der Waals surface area contributed by atoms with E-state index in [0.717, 1.165) is 42.2 Å². The Kier molecular flexibility index (Phi) is 6.83. The molecule has 110 valence electrons. The summed E-state index contributed by atoms with van der Waals surface area (Å²) in [5.74, 6) is 0. The number of ether oxygens (including phenoxy) is 1. The van der Waals surface area contributed by atoms with Gasteiger partial charge in [-0.3, -0.25) is 4.68 Å². The number of aryl methyl sites for hydroxylation is 2. The van der Waals surface area contributed by atoms with Crippen molar-refractivity contribution in [3.63, 3.8) is 0 Å². The second-order valence-corrected chi connectivity index (χ2v) is 5.28. The molecule has 0 bridgehead atoms. The van der Waals surface area contributed by atoms with Gasteiger partial charge in [-0.05, 0) is 32.7 Å². The molecule has 1 heterocycles. The number of halogens is 1. The Balaban J connectivity index is 2.86. The first-order valence-electron chi connectivity index (χ1n) is 6.99. The van der Waals surface area contributed by atoms with Crippen LogP contribution in [-0.2, 0) is 18.2 Å². The molecule has 0 spiro atoms. The summed E-state index contributed by atoms with van der Waals surface area (Å²) >= 11 is 6.32. The maximum absolute atomic E-state index is 6.32. The number of nitrogens with one attached hydrogen (secondary N) is 1. The Bertz CT molecular complexity index is 388. The molecule has 0 aliphatic heterocycles. The van der Waals surface area contributed by atoms with Gasteiger partial charge in [-0.15, -0.1) is 0 Å². The van der Waals surface area contributed by atoms with E-state index in [1.54, 1.807) is 11.8 Å². The molecule has 4 nitrogen and oxygen atoms in total. The van der Waals surface area contributed by atoms with Crippen LogP contribution in [0.15, 0.2) is 0 Å². The Morgan fingerprint density at radius 1 is 1.42 bits per heavy atom. The average molecular weight is 288 g/mol. The zero-order valence-corrected chi connectivity index (χ0v) is 13.4. The van der Waals surface area contributed by atoms with E-state index in [1.165, 1.54) is 0 Å². The van der Waals surface area contributed by atoms with Crippen molar-refractivity contribution in [2.24, 2.45) is 7.05 Å². The molecule has 1 N–H and O–H groups in total. The largest absolute Gasteiger partial charge is 0.380 e. The topological polar surface area (TPSA) is 39.1 Å². The van der Waals surface area contributed by atoms with E-state index in [4.69, 9.17) is 16.3 Å². The van der Waals surface area contributed by atoms with Gasteiger partial charge in [0.1, 0.15) is 5.15 Å². The van der Waals surface area contributed by atoms with Crippen LogP contribution in [0.5, 0.6) is 0 Å². The fourth-order valence-corrected chi connectivity index (χ4v) is 2.66. The van der Waals surface area contributed by atoms with Crippen molar-refractivity contribution in [1.82, 2.24) is 15.1 Å². The van der Waals surface area contributed by atoms with Crippen LogP contribution in [0.25, 0.3) is 0 Å². The molecular formula is C14H26ClN3O. The quantitative estimate of drug-likeness (QED) is 0.799. The van der Waals surface area contributed by atoms with E-state index >= 15 is 0 Å². The summed E-state index contributed by atoms with van der Waals surface area (Å²) in [6.07, 6.45) is 3.14. The summed E-state index contributed by atoms with van der Waals surface area (Å²) in [5.41, 5.74) is 2.12. The molecule has 0 aliphatic carbocycles. The van der Waals surface area contributed by atoms with Crippen molar-refractivity contribution in [3.05, 3.63) is 16.4 Å². The van der Waals surface area contributed by atoms with Crippen LogP contribution in [-0.4, -0.2) is 35.6 Å². The Hall–Kier alpha value is -0.580. The molecule has 1 aromatic rings. The first-order chi connectivity index (χ1) is 9.04. The van der Waals surface area contributed by atoms with Crippen molar-refractivity contribution in [1.29, 1.82) is 0 Å². The zero-order valence-electron chi connectivity index (χ0n) is 12.7. The molecule has 0 amide bonds. The lowest BCUT2D eigenvalue weighted by Crippen LogP contribution is -2.42. The molecule has 2 atom stereocenters. The van der Waals surface area contributed by atoms with Gasteiger partial charge in [-0.2, -0.15) is 5.10 Å². The second-order valence-electron chi connectivity index (χ2n) is 4.93. The van der Waals surface area contributed by atoms with Crippen LogP contribution in [0.1, 0.15) is 37.9 Å². The number of methoxy groups -OCH3 is 1. The van der Waals surface area contributed by atoms with Crippen LogP contribution >= 0.6 is 11.6 Å². The van der Waals surface area contributed by atoms with Crippen molar-refractivity contribution in [2.75, 3.05) is 13.7 Å².